The van der Waals surface area contributed by atoms with E-state index in [1.54, 1.807) is 55.6 Å². The van der Waals surface area contributed by atoms with Crippen LogP contribution in [-0.2, 0) is 9.59 Å². The highest BCUT2D eigenvalue weighted by atomic mass is 16.5. The maximum atomic E-state index is 13.3. The summed E-state index contributed by atoms with van der Waals surface area (Å²) in [5.74, 6) is -0.504. The van der Waals surface area contributed by atoms with Gasteiger partial charge in [0.05, 0.1) is 25.8 Å². The molecule has 168 valence electrons. The first kappa shape index (κ1) is 22.1. The number of aliphatic hydroxyl groups excluding tert-OH is 1. The molecule has 6 nitrogen and oxygen atoms in total. The summed E-state index contributed by atoms with van der Waals surface area (Å²) >= 11 is 0. The Morgan fingerprint density at radius 1 is 0.848 bits per heavy atom. The van der Waals surface area contributed by atoms with Crippen LogP contribution in [0.2, 0.25) is 0 Å². The van der Waals surface area contributed by atoms with Crippen molar-refractivity contribution in [3.8, 4) is 11.5 Å². The largest absolute Gasteiger partial charge is 0.507 e. The molecule has 4 rings (SSSR count). The average Bonchev–Trinajstić information content (AvgIpc) is 3.10. The SMILES string of the molecule is COc1ccc(C2/C(=C(\O)c3cccc(OC)c3)C(=O)C(=O)N2c2ccc(C)c(C)c2)cc1. The Balaban J connectivity index is 1.94. The van der Waals surface area contributed by atoms with Gasteiger partial charge in [-0.3, -0.25) is 14.5 Å². The van der Waals surface area contributed by atoms with Crippen LogP contribution in [0.5, 0.6) is 11.5 Å². The fraction of sp³-hybridized carbons (Fsp3) is 0.185. The molecule has 33 heavy (non-hydrogen) atoms. The first-order chi connectivity index (χ1) is 15.8. The van der Waals surface area contributed by atoms with Crippen molar-refractivity contribution in [1.29, 1.82) is 0 Å². The van der Waals surface area contributed by atoms with E-state index in [4.69, 9.17) is 9.47 Å². The van der Waals surface area contributed by atoms with E-state index in [0.29, 0.717) is 28.3 Å². The summed E-state index contributed by atoms with van der Waals surface area (Å²) in [7, 11) is 3.09. The zero-order valence-corrected chi connectivity index (χ0v) is 19.0. The first-order valence-corrected chi connectivity index (χ1v) is 10.5. The van der Waals surface area contributed by atoms with Gasteiger partial charge in [0.15, 0.2) is 0 Å². The number of carbonyl (C=O) groups excluding carboxylic acids is 2. The Morgan fingerprint density at radius 3 is 2.18 bits per heavy atom. The number of nitrogens with zero attached hydrogens (tertiary/aromatic N) is 1. The number of aliphatic hydroxyl groups is 1. The van der Waals surface area contributed by atoms with Gasteiger partial charge in [-0.1, -0.05) is 30.3 Å². The fourth-order valence-electron chi connectivity index (χ4n) is 4.00. The van der Waals surface area contributed by atoms with Gasteiger partial charge in [-0.25, -0.2) is 0 Å². The molecule has 1 aliphatic rings. The molecule has 1 fully saturated rings. The highest BCUT2D eigenvalue weighted by Crippen LogP contribution is 2.43. The van der Waals surface area contributed by atoms with E-state index in [9.17, 15) is 14.7 Å². The van der Waals surface area contributed by atoms with Crippen molar-refractivity contribution in [2.24, 2.45) is 0 Å². The Morgan fingerprint density at radius 2 is 1.55 bits per heavy atom. The molecule has 0 saturated carbocycles. The summed E-state index contributed by atoms with van der Waals surface area (Å²) in [5, 5.41) is 11.2. The van der Waals surface area contributed by atoms with Crippen molar-refractivity contribution in [2.45, 2.75) is 19.9 Å². The minimum atomic E-state index is -0.802. The number of hydrogen-bond acceptors (Lipinski definition) is 5. The highest BCUT2D eigenvalue weighted by molar-refractivity contribution is 6.51. The number of benzene rings is 3. The van der Waals surface area contributed by atoms with Crippen LogP contribution in [0.15, 0.2) is 72.3 Å². The summed E-state index contributed by atoms with van der Waals surface area (Å²) in [6, 6.07) is 18.7. The lowest BCUT2D eigenvalue weighted by molar-refractivity contribution is -0.132. The molecule has 0 spiro atoms. The summed E-state index contributed by atoms with van der Waals surface area (Å²) in [6.45, 7) is 3.94. The number of rotatable bonds is 5. The molecule has 1 atom stereocenters. The molecule has 3 aromatic rings. The van der Waals surface area contributed by atoms with Crippen LogP contribution in [0.3, 0.4) is 0 Å². The van der Waals surface area contributed by atoms with E-state index < -0.39 is 17.7 Å². The number of anilines is 1. The number of methoxy groups -OCH3 is 2. The quantitative estimate of drug-likeness (QED) is 0.343. The predicted octanol–water partition coefficient (Wildman–Crippen LogP) is 4.95. The third-order valence-electron chi connectivity index (χ3n) is 5.99. The van der Waals surface area contributed by atoms with Gasteiger partial charge in [-0.05, 0) is 66.9 Å². The lowest BCUT2D eigenvalue weighted by Gasteiger charge is -2.26. The Labute approximate surface area is 192 Å². The third-order valence-corrected chi connectivity index (χ3v) is 5.99. The minimum Gasteiger partial charge on any atom is -0.507 e. The zero-order chi connectivity index (χ0) is 23.7. The zero-order valence-electron chi connectivity index (χ0n) is 19.0. The van der Waals surface area contributed by atoms with E-state index in [-0.39, 0.29) is 11.3 Å². The van der Waals surface area contributed by atoms with Crippen molar-refractivity contribution in [1.82, 2.24) is 0 Å². The van der Waals surface area contributed by atoms with E-state index in [0.717, 1.165) is 11.1 Å². The molecule has 1 unspecified atom stereocenters. The van der Waals surface area contributed by atoms with Crippen LogP contribution >= 0.6 is 0 Å². The summed E-state index contributed by atoms with van der Waals surface area (Å²) in [5.41, 5.74) is 3.76. The van der Waals surface area contributed by atoms with E-state index in [2.05, 4.69) is 0 Å². The van der Waals surface area contributed by atoms with Gasteiger partial charge in [0.1, 0.15) is 17.3 Å². The van der Waals surface area contributed by atoms with Crippen LogP contribution in [0.25, 0.3) is 5.76 Å². The van der Waals surface area contributed by atoms with Crippen molar-refractivity contribution < 1.29 is 24.2 Å². The van der Waals surface area contributed by atoms with Gasteiger partial charge in [0.25, 0.3) is 11.7 Å². The molecule has 6 heteroatoms. The Kier molecular flexibility index (Phi) is 5.92. The van der Waals surface area contributed by atoms with Crippen LogP contribution in [0, 0.1) is 13.8 Å². The lowest BCUT2D eigenvalue weighted by Crippen LogP contribution is -2.29. The van der Waals surface area contributed by atoms with Crippen LogP contribution in [-0.4, -0.2) is 31.0 Å². The smallest absolute Gasteiger partial charge is 0.300 e. The van der Waals surface area contributed by atoms with Crippen molar-refractivity contribution in [3.63, 3.8) is 0 Å². The summed E-state index contributed by atoms with van der Waals surface area (Å²) in [6.07, 6.45) is 0. The van der Waals surface area contributed by atoms with Crippen LogP contribution in [0.4, 0.5) is 5.69 Å². The predicted molar refractivity (Wildman–Crippen MR) is 127 cm³/mol. The molecule has 0 radical (unpaired) electrons. The topological polar surface area (TPSA) is 76.1 Å². The van der Waals surface area contributed by atoms with E-state index >= 15 is 0 Å². The van der Waals surface area contributed by atoms with E-state index in [1.165, 1.54) is 12.0 Å². The van der Waals surface area contributed by atoms with Crippen molar-refractivity contribution in [2.75, 3.05) is 19.1 Å². The van der Waals surface area contributed by atoms with Gasteiger partial charge < -0.3 is 14.6 Å². The molecule has 3 aromatic carbocycles. The number of Topliss-reactive ketones (excluding diaryl/α,β-unsaturated/α-hetero) is 1. The van der Waals surface area contributed by atoms with Crippen LogP contribution in [0.1, 0.15) is 28.3 Å². The maximum absolute atomic E-state index is 13.3. The van der Waals surface area contributed by atoms with Gasteiger partial charge in [0, 0.05) is 11.3 Å². The number of ether oxygens (including phenoxy) is 2. The second-order valence-corrected chi connectivity index (χ2v) is 7.94. The second kappa shape index (κ2) is 8.82. The molecule has 1 N–H and O–H groups in total. The molecular formula is C27H25NO5. The van der Waals surface area contributed by atoms with E-state index in [1.807, 2.05) is 32.0 Å². The lowest BCUT2D eigenvalue weighted by atomic mass is 9.95. The number of ketones is 1. The Bertz CT molecular complexity index is 1260. The average molecular weight is 443 g/mol. The molecule has 0 bridgehead atoms. The summed E-state index contributed by atoms with van der Waals surface area (Å²) < 4.78 is 10.5. The fourth-order valence-corrected chi connectivity index (χ4v) is 4.00. The first-order valence-electron chi connectivity index (χ1n) is 10.5. The maximum Gasteiger partial charge on any atom is 0.300 e. The molecule has 1 amide bonds. The number of carbonyl (C=O) groups is 2. The van der Waals surface area contributed by atoms with Crippen molar-refractivity contribution in [3.05, 3.63) is 94.6 Å². The molecular weight excluding hydrogens is 418 g/mol. The van der Waals surface area contributed by atoms with Crippen LogP contribution < -0.4 is 14.4 Å². The molecule has 1 heterocycles. The molecule has 0 aliphatic carbocycles. The molecule has 1 aliphatic heterocycles. The van der Waals surface area contributed by atoms with Gasteiger partial charge >= 0.3 is 0 Å². The third kappa shape index (κ3) is 3.96. The number of aryl methyl sites for hydroxylation is 2. The van der Waals surface area contributed by atoms with Gasteiger partial charge in [-0.2, -0.15) is 0 Å². The second-order valence-electron chi connectivity index (χ2n) is 7.94. The van der Waals surface area contributed by atoms with Gasteiger partial charge in [0.2, 0.25) is 0 Å². The number of amides is 1. The normalized spacial score (nSPS) is 17.3. The standard InChI is InChI=1S/C27H25NO5/c1-16-8-11-20(14-17(16)2)28-24(18-9-12-21(32-3)13-10-18)23(26(30)27(28)31)25(29)19-6-5-7-22(15-19)33-4/h5-15,24,29H,1-4H3/b25-23+. The highest BCUT2D eigenvalue weighted by Gasteiger charge is 2.47. The Hall–Kier alpha value is -4.06. The van der Waals surface area contributed by atoms with Gasteiger partial charge in [-0.15, -0.1) is 0 Å². The molecule has 0 aromatic heterocycles. The monoisotopic (exact) mass is 443 g/mol. The van der Waals surface area contributed by atoms with Crippen molar-refractivity contribution >= 4 is 23.1 Å². The number of hydrogen-bond donors (Lipinski definition) is 1. The summed E-state index contributed by atoms with van der Waals surface area (Å²) in [4.78, 5) is 28.0. The molecule has 1 saturated heterocycles. The minimum absolute atomic E-state index is 0.0247.